The van der Waals surface area contributed by atoms with Crippen LogP contribution in [-0.4, -0.2) is 53.7 Å². The molecule has 180 valence electrons. The molecular formula is C23H22Cl2FN3O5. The maximum Gasteiger partial charge on any atom is 0.323 e. The molecule has 3 N–H and O–H groups in total. The molecule has 2 aromatic rings. The summed E-state index contributed by atoms with van der Waals surface area (Å²) in [5, 5.41) is 15.6. The molecule has 8 nitrogen and oxygen atoms in total. The summed E-state index contributed by atoms with van der Waals surface area (Å²) in [7, 11) is 0. The van der Waals surface area contributed by atoms with Crippen LogP contribution in [0.5, 0.6) is 5.75 Å². The van der Waals surface area contributed by atoms with E-state index in [1.807, 2.05) is 0 Å². The van der Waals surface area contributed by atoms with Crippen LogP contribution in [0.25, 0.3) is 0 Å². The van der Waals surface area contributed by atoms with Gasteiger partial charge < -0.3 is 25.4 Å². The SMILES string of the molecule is O=C(O)CN(CC(=O)NC12CC(NC(=O)COc3ccc(Cl)c(F)c3)(C1)C2)c1ccc(Cl)cc1. The maximum atomic E-state index is 13.5. The molecule has 0 aliphatic heterocycles. The summed E-state index contributed by atoms with van der Waals surface area (Å²) in [6.07, 6.45) is 1.73. The van der Waals surface area contributed by atoms with Gasteiger partial charge in [0, 0.05) is 27.9 Å². The molecule has 0 atom stereocenters. The Morgan fingerprint density at radius 2 is 1.59 bits per heavy atom. The van der Waals surface area contributed by atoms with Crippen LogP contribution in [-0.2, 0) is 14.4 Å². The van der Waals surface area contributed by atoms with Crippen molar-refractivity contribution in [1.82, 2.24) is 10.6 Å². The Bertz CT molecular complexity index is 1110. The summed E-state index contributed by atoms with van der Waals surface area (Å²) in [5.74, 6) is -2.13. The average molecular weight is 510 g/mol. The van der Waals surface area contributed by atoms with E-state index in [0.29, 0.717) is 30.0 Å². The normalized spacial score (nSPS) is 22.1. The van der Waals surface area contributed by atoms with Gasteiger partial charge in [-0.2, -0.15) is 0 Å². The molecule has 3 fully saturated rings. The molecular weight excluding hydrogens is 488 g/mol. The van der Waals surface area contributed by atoms with E-state index in [2.05, 4.69) is 10.6 Å². The van der Waals surface area contributed by atoms with Gasteiger partial charge in [0.1, 0.15) is 18.1 Å². The standard InChI is InChI=1S/C23H22Cl2FN3O5/c24-14-1-3-15(4-2-14)29(9-21(32)33)8-19(30)27-22-11-23(12-22,13-22)28-20(31)10-34-16-5-6-17(25)18(26)7-16/h1-7H,8-13H2,(H,27,30)(H,28,31)(H,32,33). The number of carboxylic acids is 1. The highest BCUT2D eigenvalue weighted by Gasteiger charge is 2.69. The molecule has 3 aliphatic carbocycles. The average Bonchev–Trinajstić information content (AvgIpc) is 2.72. The topological polar surface area (TPSA) is 108 Å². The van der Waals surface area contributed by atoms with Crippen molar-refractivity contribution in [3.8, 4) is 5.75 Å². The van der Waals surface area contributed by atoms with Crippen molar-refractivity contribution in [3.05, 3.63) is 58.3 Å². The lowest BCUT2D eigenvalue weighted by atomic mass is 9.44. The Morgan fingerprint density at radius 1 is 0.971 bits per heavy atom. The number of benzene rings is 2. The maximum absolute atomic E-state index is 13.5. The number of nitrogens with zero attached hydrogens (tertiary/aromatic N) is 1. The number of aliphatic carboxylic acids is 1. The van der Waals surface area contributed by atoms with Gasteiger partial charge in [-0.3, -0.25) is 14.4 Å². The molecule has 5 rings (SSSR count). The molecule has 0 spiro atoms. The number of hydrogen-bond donors (Lipinski definition) is 3. The quantitative estimate of drug-likeness (QED) is 0.454. The van der Waals surface area contributed by atoms with Crippen molar-refractivity contribution in [3.63, 3.8) is 0 Å². The highest BCUT2D eigenvalue weighted by atomic mass is 35.5. The van der Waals surface area contributed by atoms with Crippen molar-refractivity contribution in [2.24, 2.45) is 0 Å². The third-order valence-electron chi connectivity index (χ3n) is 5.95. The molecule has 34 heavy (non-hydrogen) atoms. The van der Waals surface area contributed by atoms with E-state index < -0.39 is 22.9 Å². The number of carbonyl (C=O) groups excluding carboxylic acids is 2. The second-order valence-electron chi connectivity index (χ2n) is 8.78. The van der Waals surface area contributed by atoms with Gasteiger partial charge in [-0.1, -0.05) is 23.2 Å². The van der Waals surface area contributed by atoms with Crippen molar-refractivity contribution in [2.45, 2.75) is 30.3 Å². The Balaban J connectivity index is 1.24. The summed E-state index contributed by atoms with van der Waals surface area (Å²) in [5.41, 5.74) is -0.223. The largest absolute Gasteiger partial charge is 0.484 e. The predicted molar refractivity (Wildman–Crippen MR) is 124 cm³/mol. The lowest BCUT2D eigenvalue weighted by Crippen LogP contribution is -2.84. The third kappa shape index (κ3) is 5.37. The molecule has 3 aliphatic rings. The molecule has 0 heterocycles. The van der Waals surface area contributed by atoms with E-state index in [0.717, 1.165) is 6.07 Å². The Kier molecular flexibility index (Phi) is 6.60. The summed E-state index contributed by atoms with van der Waals surface area (Å²) in [6.45, 7) is -0.729. The van der Waals surface area contributed by atoms with E-state index in [1.165, 1.54) is 17.0 Å². The van der Waals surface area contributed by atoms with E-state index in [1.54, 1.807) is 24.3 Å². The first-order valence-electron chi connectivity index (χ1n) is 10.5. The Labute approximate surface area is 205 Å². The second kappa shape index (κ2) is 9.31. The van der Waals surface area contributed by atoms with Crippen molar-refractivity contribution < 1.29 is 28.6 Å². The van der Waals surface area contributed by atoms with Crippen LogP contribution >= 0.6 is 23.2 Å². The number of hydrogen-bond acceptors (Lipinski definition) is 5. The third-order valence-corrected chi connectivity index (χ3v) is 6.51. The van der Waals surface area contributed by atoms with E-state index in [9.17, 15) is 23.9 Å². The van der Waals surface area contributed by atoms with Gasteiger partial charge in [-0.15, -0.1) is 0 Å². The summed E-state index contributed by atoms with van der Waals surface area (Å²) < 4.78 is 18.8. The van der Waals surface area contributed by atoms with E-state index in [-0.39, 0.29) is 42.3 Å². The molecule has 2 amide bonds. The second-order valence-corrected chi connectivity index (χ2v) is 9.62. The van der Waals surface area contributed by atoms with Gasteiger partial charge in [0.25, 0.3) is 5.91 Å². The predicted octanol–water partition coefficient (Wildman–Crippen LogP) is 3.01. The molecule has 3 saturated carbocycles. The highest BCUT2D eigenvalue weighted by Crippen LogP contribution is 2.60. The van der Waals surface area contributed by atoms with Gasteiger partial charge in [-0.25, -0.2) is 4.39 Å². The van der Waals surface area contributed by atoms with Crippen LogP contribution < -0.4 is 20.3 Å². The summed E-state index contributed by atoms with van der Waals surface area (Å²) >= 11 is 11.5. The molecule has 0 unspecified atom stereocenters. The van der Waals surface area contributed by atoms with Crippen LogP contribution in [0.3, 0.4) is 0 Å². The van der Waals surface area contributed by atoms with Gasteiger partial charge in [0.05, 0.1) is 11.6 Å². The molecule has 2 bridgehead atoms. The fraction of sp³-hybridized carbons (Fsp3) is 0.348. The van der Waals surface area contributed by atoms with Crippen molar-refractivity contribution in [2.75, 3.05) is 24.6 Å². The first-order valence-corrected chi connectivity index (χ1v) is 11.2. The monoisotopic (exact) mass is 509 g/mol. The van der Waals surface area contributed by atoms with Crippen LogP contribution in [0.2, 0.25) is 10.0 Å². The highest BCUT2D eigenvalue weighted by molar-refractivity contribution is 6.31. The molecule has 11 heteroatoms. The van der Waals surface area contributed by atoms with Gasteiger partial charge in [0.15, 0.2) is 6.61 Å². The Morgan fingerprint density at radius 3 is 2.18 bits per heavy atom. The fourth-order valence-corrected chi connectivity index (χ4v) is 4.91. The molecule has 0 aromatic heterocycles. The van der Waals surface area contributed by atoms with Gasteiger partial charge in [0.2, 0.25) is 5.91 Å². The number of halogens is 3. The number of carbonyl (C=O) groups is 3. The lowest BCUT2D eigenvalue weighted by Gasteiger charge is -2.70. The fourth-order valence-electron chi connectivity index (χ4n) is 4.66. The minimum Gasteiger partial charge on any atom is -0.484 e. The molecule has 2 aromatic carbocycles. The number of anilines is 1. The first-order chi connectivity index (χ1) is 16.1. The van der Waals surface area contributed by atoms with Gasteiger partial charge in [-0.05, 0) is 55.7 Å². The van der Waals surface area contributed by atoms with Crippen LogP contribution in [0.1, 0.15) is 19.3 Å². The number of ether oxygens (including phenoxy) is 1. The van der Waals surface area contributed by atoms with Crippen molar-refractivity contribution in [1.29, 1.82) is 0 Å². The first kappa shape index (κ1) is 24.1. The number of carboxylic acid groups (broad SMARTS) is 1. The minimum atomic E-state index is -1.06. The summed E-state index contributed by atoms with van der Waals surface area (Å²) in [4.78, 5) is 37.6. The number of rotatable bonds is 10. The van der Waals surface area contributed by atoms with Crippen LogP contribution in [0, 0.1) is 5.82 Å². The smallest absolute Gasteiger partial charge is 0.323 e. The molecule has 0 radical (unpaired) electrons. The lowest BCUT2D eigenvalue weighted by molar-refractivity contribution is -0.149. The summed E-state index contributed by atoms with van der Waals surface area (Å²) in [6, 6.07) is 10.5. The number of nitrogens with one attached hydrogen (secondary N) is 2. The number of amides is 2. The van der Waals surface area contributed by atoms with Gasteiger partial charge >= 0.3 is 5.97 Å². The zero-order valence-electron chi connectivity index (χ0n) is 17.9. The van der Waals surface area contributed by atoms with Crippen LogP contribution in [0.4, 0.5) is 10.1 Å². The van der Waals surface area contributed by atoms with Crippen LogP contribution in [0.15, 0.2) is 42.5 Å². The zero-order chi connectivity index (χ0) is 24.5. The van der Waals surface area contributed by atoms with E-state index >= 15 is 0 Å². The van der Waals surface area contributed by atoms with Crippen molar-refractivity contribution >= 4 is 46.7 Å². The molecule has 0 saturated heterocycles. The Hall–Kier alpha value is -3.04. The zero-order valence-corrected chi connectivity index (χ0v) is 19.5. The minimum absolute atomic E-state index is 0.0303. The van der Waals surface area contributed by atoms with E-state index in [4.69, 9.17) is 27.9 Å².